The van der Waals surface area contributed by atoms with Gasteiger partial charge in [-0.05, 0) is 31.5 Å². The van der Waals surface area contributed by atoms with Gasteiger partial charge in [-0.15, -0.1) is 24.0 Å². The lowest BCUT2D eigenvalue weighted by Gasteiger charge is -2.22. The van der Waals surface area contributed by atoms with E-state index >= 15 is 0 Å². The van der Waals surface area contributed by atoms with Crippen LogP contribution in [0.25, 0.3) is 0 Å². The van der Waals surface area contributed by atoms with Crippen LogP contribution in [0.1, 0.15) is 13.3 Å². The molecule has 2 aromatic rings. The number of halogens is 2. The van der Waals surface area contributed by atoms with Crippen molar-refractivity contribution in [2.24, 2.45) is 4.99 Å². The lowest BCUT2D eigenvalue weighted by atomic mass is 10.2. The molecule has 2 heterocycles. The summed E-state index contributed by atoms with van der Waals surface area (Å²) in [5.41, 5.74) is 1.04. The van der Waals surface area contributed by atoms with E-state index in [2.05, 4.69) is 32.4 Å². The van der Waals surface area contributed by atoms with Gasteiger partial charge < -0.3 is 24.8 Å². The van der Waals surface area contributed by atoms with E-state index in [1.165, 1.54) is 0 Å². The number of aliphatic imine (C=N–C) groups is 1. The average molecular weight is 519 g/mol. The zero-order chi connectivity index (χ0) is 19.1. The topological polar surface area (TPSA) is 66.7 Å². The Morgan fingerprint density at radius 2 is 2.29 bits per heavy atom. The van der Waals surface area contributed by atoms with Crippen molar-refractivity contribution in [1.82, 2.24) is 20.2 Å². The largest absolute Gasteiger partial charge is 0.495 e. The van der Waals surface area contributed by atoms with Gasteiger partial charge >= 0.3 is 0 Å². The first-order chi connectivity index (χ1) is 13.2. The minimum atomic E-state index is 0. The van der Waals surface area contributed by atoms with Crippen molar-refractivity contribution in [2.45, 2.75) is 25.9 Å². The Kier molecular flexibility index (Phi) is 9.17. The van der Waals surface area contributed by atoms with Gasteiger partial charge in [0.15, 0.2) is 5.96 Å². The Hall–Kier alpha value is -1.68. The third-order valence-electron chi connectivity index (χ3n) is 4.54. The first-order valence-corrected chi connectivity index (χ1v) is 9.66. The highest BCUT2D eigenvalue weighted by Gasteiger charge is 2.25. The molecule has 0 amide bonds. The van der Waals surface area contributed by atoms with Crippen LogP contribution in [0.4, 0.5) is 5.69 Å². The molecule has 3 rings (SSSR count). The van der Waals surface area contributed by atoms with Crippen LogP contribution in [-0.4, -0.2) is 54.8 Å². The maximum Gasteiger partial charge on any atom is 0.191 e. The van der Waals surface area contributed by atoms with Gasteiger partial charge in [-0.3, -0.25) is 4.99 Å². The van der Waals surface area contributed by atoms with Gasteiger partial charge in [-0.1, -0.05) is 11.6 Å². The van der Waals surface area contributed by atoms with Crippen molar-refractivity contribution in [3.8, 4) is 5.75 Å². The van der Waals surface area contributed by atoms with Crippen LogP contribution in [0.3, 0.4) is 0 Å². The third kappa shape index (κ3) is 6.16. The second-order valence-electron chi connectivity index (χ2n) is 6.45. The summed E-state index contributed by atoms with van der Waals surface area (Å²) in [6.45, 7) is 6.24. The zero-order valence-corrected chi connectivity index (χ0v) is 19.4. The Morgan fingerprint density at radius 1 is 1.43 bits per heavy atom. The number of nitrogens with zero attached hydrogens (tertiary/aromatic N) is 4. The summed E-state index contributed by atoms with van der Waals surface area (Å²) < 4.78 is 7.52. The summed E-state index contributed by atoms with van der Waals surface area (Å²) >= 11 is 6.18. The standard InChI is InChI=1S/C19H27ClN6O.HI/c1-3-22-19(23-8-11-25-10-7-21-14-25)24-16-6-9-26(13-16)17-12-15(20)4-5-18(17)27-2;/h4-5,7,10,12,14,16H,3,6,8-9,11,13H2,1-2H3,(H2,22,23,24);1H. The number of methoxy groups -OCH3 is 1. The number of imidazole rings is 1. The summed E-state index contributed by atoms with van der Waals surface area (Å²) in [5.74, 6) is 1.70. The molecule has 28 heavy (non-hydrogen) atoms. The molecule has 0 radical (unpaired) electrons. The van der Waals surface area contributed by atoms with Gasteiger partial charge in [0.2, 0.25) is 0 Å². The zero-order valence-electron chi connectivity index (χ0n) is 16.3. The fourth-order valence-electron chi connectivity index (χ4n) is 3.22. The van der Waals surface area contributed by atoms with E-state index < -0.39 is 0 Å². The predicted octanol–water partition coefficient (Wildman–Crippen LogP) is 3.00. The molecule has 2 N–H and O–H groups in total. The number of rotatable bonds is 7. The van der Waals surface area contributed by atoms with Crippen LogP contribution in [0, 0.1) is 0 Å². The Bertz CT molecular complexity index is 755. The van der Waals surface area contributed by atoms with Gasteiger partial charge in [-0.2, -0.15) is 0 Å². The minimum absolute atomic E-state index is 0. The molecular formula is C19H28ClIN6O. The van der Waals surface area contributed by atoms with E-state index in [0.717, 1.165) is 55.0 Å². The number of ether oxygens (including phenoxy) is 1. The van der Waals surface area contributed by atoms with E-state index in [-0.39, 0.29) is 24.0 Å². The molecule has 1 aromatic heterocycles. The highest BCUT2D eigenvalue weighted by molar-refractivity contribution is 14.0. The highest BCUT2D eigenvalue weighted by atomic mass is 127. The molecule has 0 saturated carbocycles. The normalized spacial score (nSPS) is 16.6. The number of hydrogen-bond donors (Lipinski definition) is 2. The van der Waals surface area contributed by atoms with E-state index in [0.29, 0.717) is 12.6 Å². The summed E-state index contributed by atoms with van der Waals surface area (Å²) in [6, 6.07) is 6.05. The molecule has 1 saturated heterocycles. The number of anilines is 1. The fraction of sp³-hybridized carbons (Fsp3) is 0.474. The van der Waals surface area contributed by atoms with Gasteiger partial charge in [0.05, 0.1) is 25.7 Å². The third-order valence-corrected chi connectivity index (χ3v) is 4.78. The predicted molar refractivity (Wildman–Crippen MR) is 125 cm³/mol. The molecule has 1 fully saturated rings. The molecule has 1 aromatic carbocycles. The minimum Gasteiger partial charge on any atom is -0.495 e. The number of guanidine groups is 1. The van der Waals surface area contributed by atoms with Crippen molar-refractivity contribution >= 4 is 47.2 Å². The number of nitrogens with one attached hydrogen (secondary N) is 2. The summed E-state index contributed by atoms with van der Waals surface area (Å²) in [4.78, 5) is 11.0. The van der Waals surface area contributed by atoms with Gasteiger partial charge in [-0.25, -0.2) is 4.98 Å². The van der Waals surface area contributed by atoms with Gasteiger partial charge in [0.1, 0.15) is 5.75 Å². The van der Waals surface area contributed by atoms with E-state index in [4.69, 9.17) is 16.3 Å². The quantitative estimate of drug-likeness (QED) is 0.335. The van der Waals surface area contributed by atoms with Gasteiger partial charge in [0.25, 0.3) is 0 Å². The van der Waals surface area contributed by atoms with Crippen LogP contribution >= 0.6 is 35.6 Å². The molecule has 9 heteroatoms. The first-order valence-electron chi connectivity index (χ1n) is 9.28. The molecule has 1 atom stereocenters. The van der Waals surface area contributed by atoms with Gasteiger partial charge in [0, 0.05) is 49.6 Å². The number of aromatic nitrogens is 2. The fourth-order valence-corrected chi connectivity index (χ4v) is 3.38. The van der Waals surface area contributed by atoms with Crippen LogP contribution < -0.4 is 20.3 Å². The summed E-state index contributed by atoms with van der Waals surface area (Å²) in [6.07, 6.45) is 6.57. The molecule has 0 aliphatic carbocycles. The monoisotopic (exact) mass is 518 g/mol. The maximum absolute atomic E-state index is 6.18. The van der Waals surface area contributed by atoms with E-state index in [9.17, 15) is 0 Å². The molecule has 7 nitrogen and oxygen atoms in total. The van der Waals surface area contributed by atoms with Crippen molar-refractivity contribution in [3.05, 3.63) is 41.9 Å². The Morgan fingerprint density at radius 3 is 3.00 bits per heavy atom. The molecule has 0 spiro atoms. The summed E-state index contributed by atoms with van der Waals surface area (Å²) in [5, 5.41) is 7.59. The van der Waals surface area contributed by atoms with E-state index in [1.54, 1.807) is 13.3 Å². The van der Waals surface area contributed by atoms with Crippen molar-refractivity contribution in [1.29, 1.82) is 0 Å². The molecule has 1 unspecified atom stereocenters. The molecular weight excluding hydrogens is 491 g/mol. The molecule has 1 aliphatic heterocycles. The lowest BCUT2D eigenvalue weighted by Crippen LogP contribution is -2.44. The second-order valence-corrected chi connectivity index (χ2v) is 6.89. The second kappa shape index (κ2) is 11.4. The van der Waals surface area contributed by atoms with Crippen LogP contribution in [-0.2, 0) is 6.54 Å². The van der Waals surface area contributed by atoms with Crippen molar-refractivity contribution in [2.75, 3.05) is 38.2 Å². The number of benzene rings is 1. The lowest BCUT2D eigenvalue weighted by molar-refractivity contribution is 0.415. The first kappa shape index (κ1) is 22.6. The van der Waals surface area contributed by atoms with Crippen molar-refractivity contribution in [3.63, 3.8) is 0 Å². The van der Waals surface area contributed by atoms with Crippen LogP contribution in [0.15, 0.2) is 41.9 Å². The smallest absolute Gasteiger partial charge is 0.191 e. The SMILES string of the molecule is CCNC(=NCCn1ccnc1)NC1CCN(c2cc(Cl)ccc2OC)C1.I. The van der Waals surface area contributed by atoms with Crippen LogP contribution in [0.5, 0.6) is 5.75 Å². The Balaban J connectivity index is 0.00000280. The Labute approximate surface area is 188 Å². The van der Waals surface area contributed by atoms with Crippen molar-refractivity contribution < 1.29 is 4.74 Å². The maximum atomic E-state index is 6.18. The van der Waals surface area contributed by atoms with Crippen LogP contribution in [0.2, 0.25) is 5.02 Å². The summed E-state index contributed by atoms with van der Waals surface area (Å²) in [7, 11) is 1.69. The highest BCUT2D eigenvalue weighted by Crippen LogP contribution is 2.33. The molecule has 1 aliphatic rings. The van der Waals surface area contributed by atoms with E-state index in [1.807, 2.05) is 35.3 Å². The number of hydrogen-bond acceptors (Lipinski definition) is 4. The molecule has 0 bridgehead atoms. The average Bonchev–Trinajstić information content (AvgIpc) is 3.34. The molecule has 154 valence electrons.